The van der Waals surface area contributed by atoms with Gasteiger partial charge in [0.1, 0.15) is 0 Å². The van der Waals surface area contributed by atoms with Crippen LogP contribution in [0.25, 0.3) is 0 Å². The van der Waals surface area contributed by atoms with E-state index in [-0.39, 0.29) is 6.10 Å². The molecule has 0 unspecified atom stereocenters. The van der Waals surface area contributed by atoms with Crippen molar-refractivity contribution in [3.63, 3.8) is 0 Å². The molecule has 3 nitrogen and oxygen atoms in total. The molecule has 0 bridgehead atoms. The van der Waals surface area contributed by atoms with E-state index >= 15 is 0 Å². The van der Waals surface area contributed by atoms with Crippen molar-refractivity contribution in [2.45, 2.75) is 50.8 Å². The molecule has 0 amide bonds. The molecule has 2 fully saturated rings. The Kier molecular flexibility index (Phi) is 5.75. The molecule has 2 heterocycles. The Morgan fingerprint density at radius 2 is 1.68 bits per heavy atom. The van der Waals surface area contributed by atoms with E-state index in [9.17, 15) is 5.11 Å². The Morgan fingerprint density at radius 1 is 1.00 bits per heavy atom. The Labute approximate surface area is 138 Å². The summed E-state index contributed by atoms with van der Waals surface area (Å²) < 4.78 is 0. The molecule has 122 valence electrons. The van der Waals surface area contributed by atoms with Crippen LogP contribution in [0.2, 0.25) is 5.02 Å². The second kappa shape index (κ2) is 7.78. The van der Waals surface area contributed by atoms with Gasteiger partial charge in [-0.25, -0.2) is 0 Å². The van der Waals surface area contributed by atoms with E-state index in [4.69, 9.17) is 11.6 Å². The SMILES string of the molecule is O[C@@H]1CN(Cc2ccc(Cl)cc2)CC[C@H]1N1CCCCCC1. The predicted molar refractivity (Wildman–Crippen MR) is 91.2 cm³/mol. The molecule has 1 aromatic rings. The molecule has 0 aromatic heterocycles. The lowest BCUT2D eigenvalue weighted by atomic mass is 9.99. The molecular weight excluding hydrogens is 296 g/mol. The van der Waals surface area contributed by atoms with E-state index in [2.05, 4.69) is 21.9 Å². The van der Waals surface area contributed by atoms with Crippen molar-refractivity contribution >= 4 is 11.6 Å². The highest BCUT2D eigenvalue weighted by molar-refractivity contribution is 6.30. The van der Waals surface area contributed by atoms with Crippen molar-refractivity contribution in [3.8, 4) is 0 Å². The lowest BCUT2D eigenvalue weighted by Crippen LogP contribution is -2.54. The zero-order valence-corrected chi connectivity index (χ0v) is 14.0. The summed E-state index contributed by atoms with van der Waals surface area (Å²) in [4.78, 5) is 4.90. The van der Waals surface area contributed by atoms with E-state index in [1.807, 2.05) is 12.1 Å². The largest absolute Gasteiger partial charge is 0.390 e. The maximum absolute atomic E-state index is 10.6. The van der Waals surface area contributed by atoms with E-state index in [0.29, 0.717) is 6.04 Å². The molecule has 1 aromatic carbocycles. The van der Waals surface area contributed by atoms with E-state index < -0.39 is 0 Å². The van der Waals surface area contributed by atoms with Gasteiger partial charge in [-0.3, -0.25) is 9.80 Å². The van der Waals surface area contributed by atoms with Crippen molar-refractivity contribution in [2.75, 3.05) is 26.2 Å². The number of hydrogen-bond acceptors (Lipinski definition) is 3. The van der Waals surface area contributed by atoms with Crippen LogP contribution >= 0.6 is 11.6 Å². The van der Waals surface area contributed by atoms with Crippen LogP contribution in [-0.4, -0.2) is 53.2 Å². The first-order chi connectivity index (χ1) is 10.7. The summed E-state index contributed by atoms with van der Waals surface area (Å²) >= 11 is 5.94. The highest BCUT2D eigenvalue weighted by atomic mass is 35.5. The number of nitrogens with zero attached hydrogens (tertiary/aromatic N) is 2. The van der Waals surface area contributed by atoms with Crippen molar-refractivity contribution in [1.82, 2.24) is 9.80 Å². The average Bonchev–Trinajstić information content (AvgIpc) is 2.79. The second-order valence-electron chi connectivity index (χ2n) is 6.74. The molecule has 3 rings (SSSR count). The number of β-amino-alcohol motifs (C(OH)–C–C–N with tert-alkyl or cyclic N) is 1. The van der Waals surface area contributed by atoms with Crippen LogP contribution in [0.15, 0.2) is 24.3 Å². The number of aliphatic hydroxyl groups is 1. The van der Waals surface area contributed by atoms with Gasteiger partial charge in [-0.2, -0.15) is 0 Å². The van der Waals surface area contributed by atoms with Crippen LogP contribution in [0.4, 0.5) is 0 Å². The third-order valence-electron chi connectivity index (χ3n) is 5.06. The number of aliphatic hydroxyl groups excluding tert-OH is 1. The third-order valence-corrected chi connectivity index (χ3v) is 5.31. The van der Waals surface area contributed by atoms with Gasteiger partial charge in [0.2, 0.25) is 0 Å². The van der Waals surface area contributed by atoms with Crippen molar-refractivity contribution < 1.29 is 5.11 Å². The zero-order valence-electron chi connectivity index (χ0n) is 13.3. The van der Waals surface area contributed by atoms with Gasteiger partial charge in [0.15, 0.2) is 0 Å². The van der Waals surface area contributed by atoms with Crippen LogP contribution in [0.3, 0.4) is 0 Å². The summed E-state index contributed by atoms with van der Waals surface area (Å²) in [5, 5.41) is 11.4. The first-order valence-corrected chi connectivity index (χ1v) is 8.99. The van der Waals surface area contributed by atoms with Gasteiger partial charge in [-0.05, 0) is 50.0 Å². The van der Waals surface area contributed by atoms with E-state index in [1.54, 1.807) is 0 Å². The second-order valence-corrected chi connectivity index (χ2v) is 7.17. The lowest BCUT2D eigenvalue weighted by molar-refractivity contribution is -0.0144. The minimum Gasteiger partial charge on any atom is -0.390 e. The van der Waals surface area contributed by atoms with Gasteiger partial charge in [-0.15, -0.1) is 0 Å². The first-order valence-electron chi connectivity index (χ1n) is 8.61. The van der Waals surface area contributed by atoms with Crippen molar-refractivity contribution in [1.29, 1.82) is 0 Å². The van der Waals surface area contributed by atoms with Crippen LogP contribution in [0, 0.1) is 0 Å². The van der Waals surface area contributed by atoms with Gasteiger partial charge in [-0.1, -0.05) is 36.6 Å². The number of halogens is 1. The summed E-state index contributed by atoms with van der Waals surface area (Å²) in [5.41, 5.74) is 1.27. The summed E-state index contributed by atoms with van der Waals surface area (Å²) in [7, 11) is 0. The summed E-state index contributed by atoms with van der Waals surface area (Å²) in [6, 6.07) is 8.40. The van der Waals surface area contributed by atoms with Gasteiger partial charge in [0, 0.05) is 30.7 Å². The zero-order chi connectivity index (χ0) is 15.4. The van der Waals surface area contributed by atoms with Gasteiger partial charge in [0.25, 0.3) is 0 Å². The third kappa shape index (κ3) is 4.23. The fraction of sp³-hybridized carbons (Fsp3) is 0.667. The van der Waals surface area contributed by atoms with Crippen LogP contribution < -0.4 is 0 Å². The van der Waals surface area contributed by atoms with Crippen molar-refractivity contribution in [2.24, 2.45) is 0 Å². The molecule has 1 N–H and O–H groups in total. The molecular formula is C18H27ClN2O. The maximum atomic E-state index is 10.6. The monoisotopic (exact) mass is 322 g/mol. The molecule has 22 heavy (non-hydrogen) atoms. The highest BCUT2D eigenvalue weighted by Gasteiger charge is 2.32. The summed E-state index contributed by atoms with van der Waals surface area (Å²) in [6.07, 6.45) is 6.13. The minimum atomic E-state index is -0.223. The minimum absolute atomic E-state index is 0.223. The number of rotatable bonds is 3. The Balaban J connectivity index is 1.54. The molecule has 0 radical (unpaired) electrons. The fourth-order valence-electron chi connectivity index (χ4n) is 3.83. The number of piperidine rings is 1. The molecule has 2 aliphatic rings. The molecule has 0 spiro atoms. The van der Waals surface area contributed by atoms with Crippen LogP contribution in [0.1, 0.15) is 37.7 Å². The first kappa shape index (κ1) is 16.3. The summed E-state index contributed by atoms with van der Waals surface area (Å²) in [5.74, 6) is 0. The molecule has 0 aliphatic carbocycles. The topological polar surface area (TPSA) is 26.7 Å². The fourth-order valence-corrected chi connectivity index (χ4v) is 3.96. The number of hydrogen-bond donors (Lipinski definition) is 1. The summed E-state index contributed by atoms with van der Waals surface area (Å²) in [6.45, 7) is 5.09. The Bertz CT molecular complexity index is 457. The maximum Gasteiger partial charge on any atom is 0.0822 e. The highest BCUT2D eigenvalue weighted by Crippen LogP contribution is 2.22. The molecule has 2 saturated heterocycles. The predicted octanol–water partition coefficient (Wildman–Crippen LogP) is 3.15. The van der Waals surface area contributed by atoms with Crippen molar-refractivity contribution in [3.05, 3.63) is 34.9 Å². The number of benzene rings is 1. The van der Waals surface area contributed by atoms with E-state index in [1.165, 1.54) is 44.3 Å². The van der Waals surface area contributed by atoms with Crippen LogP contribution in [0.5, 0.6) is 0 Å². The van der Waals surface area contributed by atoms with Gasteiger partial charge >= 0.3 is 0 Å². The quantitative estimate of drug-likeness (QED) is 0.926. The molecule has 0 saturated carbocycles. The normalized spacial score (nSPS) is 28.5. The van der Waals surface area contributed by atoms with Crippen LogP contribution in [-0.2, 0) is 6.54 Å². The van der Waals surface area contributed by atoms with E-state index in [0.717, 1.165) is 31.1 Å². The molecule has 2 atom stereocenters. The Morgan fingerprint density at radius 3 is 2.32 bits per heavy atom. The van der Waals surface area contributed by atoms with Gasteiger partial charge in [0.05, 0.1) is 6.10 Å². The smallest absolute Gasteiger partial charge is 0.0822 e. The Hall–Kier alpha value is -0.610. The van der Waals surface area contributed by atoms with Gasteiger partial charge < -0.3 is 5.11 Å². The lowest BCUT2D eigenvalue weighted by Gasteiger charge is -2.41. The molecule has 4 heteroatoms. The average molecular weight is 323 g/mol. The standard InChI is InChI=1S/C18H27ClN2O/c19-16-7-5-15(6-8-16)13-20-12-9-17(18(22)14-20)21-10-3-1-2-4-11-21/h5-8,17-18,22H,1-4,9-14H2/t17-,18-/m1/s1. The number of likely N-dealkylation sites (tertiary alicyclic amines) is 2. The molecule has 2 aliphatic heterocycles.